The van der Waals surface area contributed by atoms with Crippen molar-refractivity contribution in [2.24, 2.45) is 0 Å². The summed E-state index contributed by atoms with van der Waals surface area (Å²) in [6.45, 7) is 2.47. The highest BCUT2D eigenvalue weighted by molar-refractivity contribution is 5.87. The number of carbonyl (C=O) groups is 1. The summed E-state index contributed by atoms with van der Waals surface area (Å²) in [5.41, 5.74) is 6.26. The van der Waals surface area contributed by atoms with Gasteiger partial charge in [-0.15, -0.1) is 0 Å². The molecule has 0 radical (unpaired) electrons. The lowest BCUT2D eigenvalue weighted by molar-refractivity contribution is 0.0564. The maximum Gasteiger partial charge on any atom is 0.374 e. The number of rotatable bonds is 6. The van der Waals surface area contributed by atoms with Crippen molar-refractivity contribution >= 4 is 23.0 Å². The van der Waals surface area contributed by atoms with E-state index < -0.39 is 12.0 Å². The summed E-state index contributed by atoms with van der Waals surface area (Å²) in [7, 11) is 1.24. The van der Waals surface area contributed by atoms with E-state index in [-0.39, 0.29) is 34.6 Å². The van der Waals surface area contributed by atoms with E-state index >= 15 is 0 Å². The van der Waals surface area contributed by atoms with E-state index in [1.165, 1.54) is 23.8 Å². The molecule has 0 aliphatic heterocycles. The van der Waals surface area contributed by atoms with Crippen molar-refractivity contribution in [3.8, 4) is 17.9 Å². The second-order valence-electron chi connectivity index (χ2n) is 5.14. The van der Waals surface area contributed by atoms with Crippen molar-refractivity contribution in [2.45, 2.75) is 19.8 Å². The lowest BCUT2D eigenvalue weighted by Gasteiger charge is -2.05. The first-order valence-electron chi connectivity index (χ1n) is 7.61. The van der Waals surface area contributed by atoms with Gasteiger partial charge in [0.2, 0.25) is 11.6 Å². The molecule has 0 saturated heterocycles. The van der Waals surface area contributed by atoms with Crippen LogP contribution in [0.5, 0.6) is 12.0 Å². The molecule has 3 aromatic heterocycles. The average Bonchev–Trinajstić information content (AvgIpc) is 3.18. The number of hydrogen-bond acceptors (Lipinski definition) is 9. The van der Waals surface area contributed by atoms with Crippen LogP contribution in [-0.2, 0) is 4.74 Å². The Balaban J connectivity index is 2.06. The first-order chi connectivity index (χ1) is 12.0. The van der Waals surface area contributed by atoms with Crippen LogP contribution in [0.15, 0.2) is 16.5 Å². The average molecular weight is 347 g/mol. The van der Waals surface area contributed by atoms with Crippen LogP contribution in [0.3, 0.4) is 0 Å². The van der Waals surface area contributed by atoms with E-state index in [0.717, 1.165) is 12.8 Å². The number of ether oxygens (including phenoxy) is 2. The van der Waals surface area contributed by atoms with Crippen LogP contribution in [0.2, 0.25) is 0 Å². The number of aromatic nitrogens is 4. The molecule has 0 aliphatic carbocycles. The zero-order valence-electron chi connectivity index (χ0n) is 13.7. The highest BCUT2D eigenvalue weighted by Crippen LogP contribution is 2.29. The van der Waals surface area contributed by atoms with Crippen LogP contribution in [-0.4, -0.2) is 44.3 Å². The van der Waals surface area contributed by atoms with Gasteiger partial charge in [-0.2, -0.15) is 15.0 Å². The maximum absolute atomic E-state index is 11.5. The quantitative estimate of drug-likeness (QED) is 0.503. The molecule has 0 saturated carbocycles. The molecule has 0 atom stereocenters. The largest absolute Gasteiger partial charge is 0.480 e. The summed E-state index contributed by atoms with van der Waals surface area (Å²) in [4.78, 5) is 23.7. The Hall–Kier alpha value is -3.30. The molecule has 0 unspecified atom stereocenters. The van der Waals surface area contributed by atoms with E-state index in [2.05, 4.69) is 19.7 Å². The molecule has 10 nitrogen and oxygen atoms in total. The fraction of sp³-hybridized carbons (Fsp3) is 0.333. The molecule has 0 amide bonds. The molecule has 0 spiro atoms. The Morgan fingerprint density at radius 3 is 2.88 bits per heavy atom. The number of aromatic hydroxyl groups is 1. The highest BCUT2D eigenvalue weighted by atomic mass is 16.5. The predicted octanol–water partition coefficient (Wildman–Crippen LogP) is 1.66. The Morgan fingerprint density at radius 2 is 2.16 bits per heavy atom. The lowest BCUT2D eigenvalue weighted by atomic mass is 10.4. The fourth-order valence-corrected chi connectivity index (χ4v) is 2.18. The standard InChI is InChI=1S/C15H17N5O5/c1-3-4-7-24-14-18-11(16)10-12(19-14)20(15(22)17-10)9-6-5-8(25-9)13(21)23-2/h5-6H,3-4,7H2,1-2H3,(H,17,22)(H2,16,18,19). The van der Waals surface area contributed by atoms with Crippen LogP contribution >= 0.6 is 0 Å². The summed E-state index contributed by atoms with van der Waals surface area (Å²) in [5, 5.41) is 10.1. The number of fused-ring (bicyclic) bond motifs is 1. The van der Waals surface area contributed by atoms with E-state index in [9.17, 15) is 9.90 Å². The van der Waals surface area contributed by atoms with Crippen molar-refractivity contribution in [3.63, 3.8) is 0 Å². The van der Waals surface area contributed by atoms with Crippen LogP contribution < -0.4 is 10.5 Å². The molecule has 10 heteroatoms. The molecule has 0 aliphatic rings. The minimum Gasteiger partial charge on any atom is -0.480 e. The van der Waals surface area contributed by atoms with Gasteiger partial charge in [0, 0.05) is 6.07 Å². The topological polar surface area (TPSA) is 139 Å². The number of unbranched alkanes of at least 4 members (excludes halogenated alkanes) is 1. The number of nitrogen functional groups attached to an aromatic ring is 1. The molecule has 3 aromatic rings. The van der Waals surface area contributed by atoms with Crippen LogP contribution in [0.4, 0.5) is 5.82 Å². The number of hydrogen-bond donors (Lipinski definition) is 2. The van der Waals surface area contributed by atoms with Gasteiger partial charge >= 0.3 is 18.0 Å². The second kappa shape index (κ2) is 6.67. The zero-order chi connectivity index (χ0) is 18.0. The number of carbonyl (C=O) groups excluding carboxylic acids is 1. The van der Waals surface area contributed by atoms with Crippen LogP contribution in [0, 0.1) is 0 Å². The van der Waals surface area contributed by atoms with Crippen molar-refractivity contribution < 1.29 is 23.8 Å². The third-order valence-corrected chi connectivity index (χ3v) is 3.42. The molecule has 132 valence electrons. The summed E-state index contributed by atoms with van der Waals surface area (Å²) in [6, 6.07) is 2.55. The van der Waals surface area contributed by atoms with Crippen molar-refractivity contribution in [2.75, 3.05) is 19.5 Å². The fourth-order valence-electron chi connectivity index (χ4n) is 2.18. The SMILES string of the molecule is CCCCOc1nc(N)c2nc(O)n(-c3ccc(C(=O)OC)o3)c2n1. The molecule has 0 fully saturated rings. The van der Waals surface area contributed by atoms with Gasteiger partial charge < -0.3 is 24.7 Å². The minimum absolute atomic E-state index is 0.0276. The van der Waals surface area contributed by atoms with Gasteiger partial charge in [-0.05, 0) is 12.5 Å². The van der Waals surface area contributed by atoms with Gasteiger partial charge in [-0.3, -0.25) is 0 Å². The maximum atomic E-state index is 11.5. The van der Waals surface area contributed by atoms with E-state index in [1.54, 1.807) is 0 Å². The number of anilines is 1. The third-order valence-electron chi connectivity index (χ3n) is 3.42. The second-order valence-corrected chi connectivity index (χ2v) is 5.14. The van der Waals surface area contributed by atoms with E-state index in [0.29, 0.717) is 6.61 Å². The van der Waals surface area contributed by atoms with Gasteiger partial charge in [0.05, 0.1) is 13.7 Å². The normalized spacial score (nSPS) is 11.0. The third kappa shape index (κ3) is 3.05. The Labute approximate surface area is 142 Å². The summed E-state index contributed by atoms with van der Waals surface area (Å²) < 4.78 is 16.7. The number of furan rings is 1. The molecular formula is C15H17N5O5. The number of nitrogens with two attached hydrogens (primary N) is 1. The van der Waals surface area contributed by atoms with E-state index in [1.807, 2.05) is 6.92 Å². The number of nitrogens with zero attached hydrogens (tertiary/aromatic N) is 4. The smallest absolute Gasteiger partial charge is 0.374 e. The zero-order valence-corrected chi connectivity index (χ0v) is 13.7. The molecular weight excluding hydrogens is 330 g/mol. The lowest BCUT2D eigenvalue weighted by Crippen LogP contribution is -2.05. The summed E-state index contributed by atoms with van der Waals surface area (Å²) in [6.07, 6.45) is 1.80. The van der Waals surface area contributed by atoms with Crippen LogP contribution in [0.25, 0.3) is 17.0 Å². The van der Waals surface area contributed by atoms with Gasteiger partial charge in [0.25, 0.3) is 0 Å². The number of esters is 1. The number of imidazole rings is 1. The van der Waals surface area contributed by atoms with Gasteiger partial charge in [-0.25, -0.2) is 9.36 Å². The number of methoxy groups -OCH3 is 1. The first-order valence-corrected chi connectivity index (χ1v) is 7.61. The Kier molecular flexibility index (Phi) is 4.42. The molecule has 3 N–H and O–H groups in total. The van der Waals surface area contributed by atoms with Crippen molar-refractivity contribution in [1.29, 1.82) is 0 Å². The van der Waals surface area contributed by atoms with Gasteiger partial charge in [0.1, 0.15) is 0 Å². The molecule has 0 aromatic carbocycles. The Bertz CT molecular complexity index is 917. The van der Waals surface area contributed by atoms with Crippen molar-refractivity contribution in [1.82, 2.24) is 19.5 Å². The first kappa shape index (κ1) is 16.6. The summed E-state index contributed by atoms with van der Waals surface area (Å²) in [5.74, 6) is -0.489. The minimum atomic E-state index is -0.645. The predicted molar refractivity (Wildman–Crippen MR) is 86.7 cm³/mol. The van der Waals surface area contributed by atoms with Crippen LogP contribution in [0.1, 0.15) is 30.3 Å². The van der Waals surface area contributed by atoms with Gasteiger partial charge in [0.15, 0.2) is 17.0 Å². The highest BCUT2D eigenvalue weighted by Gasteiger charge is 2.21. The van der Waals surface area contributed by atoms with Crippen molar-refractivity contribution in [3.05, 3.63) is 17.9 Å². The summed E-state index contributed by atoms with van der Waals surface area (Å²) >= 11 is 0. The molecule has 25 heavy (non-hydrogen) atoms. The van der Waals surface area contributed by atoms with Gasteiger partial charge in [-0.1, -0.05) is 13.3 Å². The molecule has 3 heterocycles. The molecule has 0 bridgehead atoms. The van der Waals surface area contributed by atoms with E-state index in [4.69, 9.17) is 14.9 Å². The Morgan fingerprint density at radius 1 is 1.36 bits per heavy atom. The molecule has 3 rings (SSSR count). The monoisotopic (exact) mass is 347 g/mol.